The van der Waals surface area contributed by atoms with E-state index in [0.717, 1.165) is 0 Å². The first-order chi connectivity index (χ1) is 8.15. The van der Waals surface area contributed by atoms with Crippen molar-refractivity contribution in [1.82, 2.24) is 10.4 Å². The van der Waals surface area contributed by atoms with Crippen molar-refractivity contribution in [2.75, 3.05) is 18.5 Å². The van der Waals surface area contributed by atoms with Gasteiger partial charge in [0.2, 0.25) is 0 Å². The molecular formula is C10H10FN3O2S. The molecular weight excluding hydrogens is 245 g/mol. The van der Waals surface area contributed by atoms with Crippen molar-refractivity contribution in [1.29, 1.82) is 0 Å². The number of nitrogens with one attached hydrogen (secondary N) is 2. The van der Waals surface area contributed by atoms with Crippen LogP contribution in [0.3, 0.4) is 0 Å². The molecule has 1 aromatic carbocycles. The molecule has 1 heterocycles. The van der Waals surface area contributed by atoms with E-state index in [0.29, 0.717) is 18.8 Å². The largest absolute Gasteiger partial charge is 0.446 e. The van der Waals surface area contributed by atoms with Crippen molar-refractivity contribution in [3.05, 3.63) is 30.1 Å². The van der Waals surface area contributed by atoms with E-state index in [1.807, 2.05) is 0 Å². The van der Waals surface area contributed by atoms with E-state index in [9.17, 15) is 9.18 Å². The Morgan fingerprint density at radius 1 is 1.41 bits per heavy atom. The van der Waals surface area contributed by atoms with Gasteiger partial charge in [0.1, 0.15) is 12.4 Å². The van der Waals surface area contributed by atoms with Gasteiger partial charge in [-0.05, 0) is 36.5 Å². The Hall–Kier alpha value is -1.89. The molecule has 1 aromatic rings. The SMILES string of the molecule is O=C1OCCN1NC(=S)Nc1ccc(F)cc1. The molecule has 2 N–H and O–H groups in total. The predicted octanol–water partition coefficient (Wildman–Crippen LogP) is 1.48. The number of anilines is 1. The van der Waals surface area contributed by atoms with E-state index in [1.54, 1.807) is 12.1 Å². The highest BCUT2D eigenvalue weighted by molar-refractivity contribution is 7.80. The molecule has 1 amide bonds. The highest BCUT2D eigenvalue weighted by Gasteiger charge is 2.22. The summed E-state index contributed by atoms with van der Waals surface area (Å²) in [6.07, 6.45) is -0.465. The first kappa shape index (κ1) is 11.6. The van der Waals surface area contributed by atoms with Crippen molar-refractivity contribution in [3.63, 3.8) is 0 Å². The lowest BCUT2D eigenvalue weighted by Gasteiger charge is -2.16. The maximum atomic E-state index is 12.7. The number of nitrogens with zero attached hydrogens (tertiary/aromatic N) is 1. The summed E-state index contributed by atoms with van der Waals surface area (Å²) < 4.78 is 17.4. The molecule has 0 saturated carbocycles. The van der Waals surface area contributed by atoms with Crippen LogP contribution in [0.2, 0.25) is 0 Å². The van der Waals surface area contributed by atoms with Gasteiger partial charge in [0.25, 0.3) is 0 Å². The quantitative estimate of drug-likeness (QED) is 0.784. The monoisotopic (exact) mass is 255 g/mol. The van der Waals surface area contributed by atoms with Crippen molar-refractivity contribution >= 4 is 29.1 Å². The molecule has 0 unspecified atom stereocenters. The van der Waals surface area contributed by atoms with Crippen molar-refractivity contribution in [2.24, 2.45) is 0 Å². The van der Waals surface area contributed by atoms with Gasteiger partial charge in [-0.2, -0.15) is 0 Å². The van der Waals surface area contributed by atoms with Crippen LogP contribution in [0, 0.1) is 5.82 Å². The summed E-state index contributed by atoms with van der Waals surface area (Å²) in [7, 11) is 0. The van der Waals surface area contributed by atoms with Gasteiger partial charge >= 0.3 is 6.09 Å². The molecule has 0 bridgehead atoms. The third-order valence-corrected chi connectivity index (χ3v) is 2.29. The van der Waals surface area contributed by atoms with E-state index in [1.165, 1.54) is 17.1 Å². The normalized spacial score (nSPS) is 14.4. The fourth-order valence-corrected chi connectivity index (χ4v) is 1.54. The lowest BCUT2D eigenvalue weighted by Crippen LogP contribution is -2.44. The standard InChI is InChI=1S/C10H10FN3O2S/c11-7-1-3-8(4-2-7)12-9(17)13-14-5-6-16-10(14)15/h1-4H,5-6H2,(H2,12,13,17). The average molecular weight is 255 g/mol. The van der Waals surface area contributed by atoms with Crippen molar-refractivity contribution in [3.8, 4) is 0 Å². The van der Waals surface area contributed by atoms with Gasteiger partial charge in [0.05, 0.1) is 6.54 Å². The molecule has 1 fully saturated rings. The smallest absolute Gasteiger partial charge is 0.428 e. The van der Waals surface area contributed by atoms with Crippen LogP contribution in [0.25, 0.3) is 0 Å². The zero-order chi connectivity index (χ0) is 12.3. The first-order valence-corrected chi connectivity index (χ1v) is 5.33. The van der Waals surface area contributed by atoms with Crippen LogP contribution in [-0.4, -0.2) is 29.4 Å². The molecule has 0 aliphatic carbocycles. The van der Waals surface area contributed by atoms with Crippen LogP contribution >= 0.6 is 12.2 Å². The summed E-state index contributed by atoms with van der Waals surface area (Å²) in [4.78, 5) is 11.1. The van der Waals surface area contributed by atoms with Crippen LogP contribution in [0.5, 0.6) is 0 Å². The predicted molar refractivity (Wildman–Crippen MR) is 63.8 cm³/mol. The number of carbonyl (C=O) groups excluding carboxylic acids is 1. The van der Waals surface area contributed by atoms with E-state index < -0.39 is 6.09 Å². The number of halogens is 1. The van der Waals surface area contributed by atoms with Crippen LogP contribution < -0.4 is 10.7 Å². The highest BCUT2D eigenvalue weighted by Crippen LogP contribution is 2.08. The molecule has 5 nitrogen and oxygen atoms in total. The zero-order valence-electron chi connectivity index (χ0n) is 8.77. The minimum absolute atomic E-state index is 0.246. The number of carbonyl (C=O) groups is 1. The molecule has 7 heteroatoms. The number of rotatable bonds is 2. The maximum absolute atomic E-state index is 12.7. The summed E-state index contributed by atoms with van der Waals surface area (Å²) in [5.74, 6) is -0.322. The summed E-state index contributed by atoms with van der Waals surface area (Å²) in [6.45, 7) is 0.773. The molecule has 1 aliphatic heterocycles. The molecule has 1 saturated heterocycles. The van der Waals surface area contributed by atoms with Crippen molar-refractivity contribution in [2.45, 2.75) is 0 Å². The van der Waals surface area contributed by atoms with Gasteiger partial charge in [-0.1, -0.05) is 0 Å². The van der Waals surface area contributed by atoms with Gasteiger partial charge in [-0.25, -0.2) is 14.2 Å². The number of thiocarbonyl (C=S) groups is 1. The Morgan fingerprint density at radius 3 is 2.71 bits per heavy atom. The third-order valence-electron chi connectivity index (χ3n) is 2.10. The Balaban J connectivity index is 1.88. The fraction of sp³-hybridized carbons (Fsp3) is 0.200. The lowest BCUT2D eigenvalue weighted by atomic mass is 10.3. The molecule has 1 aliphatic rings. The highest BCUT2D eigenvalue weighted by atomic mass is 32.1. The average Bonchev–Trinajstić information content (AvgIpc) is 2.68. The van der Waals surface area contributed by atoms with E-state index >= 15 is 0 Å². The summed E-state index contributed by atoms with van der Waals surface area (Å²) >= 11 is 4.99. The Kier molecular flexibility index (Phi) is 3.38. The fourth-order valence-electron chi connectivity index (χ4n) is 1.31. The van der Waals surface area contributed by atoms with E-state index in [-0.39, 0.29) is 10.9 Å². The molecule has 0 aromatic heterocycles. The van der Waals surface area contributed by atoms with E-state index in [4.69, 9.17) is 17.0 Å². The Morgan fingerprint density at radius 2 is 2.12 bits per heavy atom. The topological polar surface area (TPSA) is 53.6 Å². The third kappa shape index (κ3) is 3.04. The molecule has 0 atom stereocenters. The Labute approximate surface area is 103 Å². The first-order valence-electron chi connectivity index (χ1n) is 4.92. The number of benzene rings is 1. The molecule has 17 heavy (non-hydrogen) atoms. The van der Waals surface area contributed by atoms with Crippen LogP contribution in [0.15, 0.2) is 24.3 Å². The molecule has 0 radical (unpaired) electrons. The number of amides is 1. The van der Waals surface area contributed by atoms with Gasteiger partial charge in [-0.3, -0.25) is 5.43 Å². The number of hydrogen-bond donors (Lipinski definition) is 2. The van der Waals surface area contributed by atoms with Gasteiger partial charge in [0, 0.05) is 5.69 Å². The second-order valence-corrected chi connectivity index (χ2v) is 3.75. The minimum atomic E-state index is -0.465. The number of cyclic esters (lactones) is 1. The lowest BCUT2D eigenvalue weighted by molar-refractivity contribution is 0.153. The minimum Gasteiger partial charge on any atom is -0.446 e. The van der Waals surface area contributed by atoms with Gasteiger partial charge in [-0.15, -0.1) is 0 Å². The van der Waals surface area contributed by atoms with Crippen LogP contribution in [0.1, 0.15) is 0 Å². The summed E-state index contributed by atoms with van der Waals surface area (Å²) in [5, 5.41) is 4.33. The number of hydrogen-bond acceptors (Lipinski definition) is 3. The second-order valence-electron chi connectivity index (χ2n) is 3.34. The molecule has 90 valence electrons. The second kappa shape index (κ2) is 4.96. The van der Waals surface area contributed by atoms with Crippen LogP contribution in [-0.2, 0) is 4.74 Å². The van der Waals surface area contributed by atoms with E-state index in [2.05, 4.69) is 10.7 Å². The molecule has 0 spiro atoms. The zero-order valence-corrected chi connectivity index (χ0v) is 9.59. The summed E-state index contributed by atoms with van der Waals surface area (Å²) in [6, 6.07) is 5.72. The van der Waals surface area contributed by atoms with Gasteiger partial charge in [0.15, 0.2) is 5.11 Å². The van der Waals surface area contributed by atoms with Crippen molar-refractivity contribution < 1.29 is 13.9 Å². The Bertz CT molecular complexity index is 438. The number of ether oxygens (including phenoxy) is 1. The van der Waals surface area contributed by atoms with Gasteiger partial charge < -0.3 is 10.1 Å². The van der Waals surface area contributed by atoms with Crippen LogP contribution in [0.4, 0.5) is 14.9 Å². The molecule has 2 rings (SSSR count). The maximum Gasteiger partial charge on any atom is 0.428 e. The number of hydrazine groups is 1. The summed E-state index contributed by atoms with van der Waals surface area (Å²) in [5.41, 5.74) is 3.31.